The van der Waals surface area contributed by atoms with E-state index in [4.69, 9.17) is 5.11 Å². The summed E-state index contributed by atoms with van der Waals surface area (Å²) >= 11 is 0. The molecule has 2 aromatic carbocycles. The summed E-state index contributed by atoms with van der Waals surface area (Å²) in [7, 11) is 0. The number of hydrogen-bond acceptors (Lipinski definition) is 2. The molecule has 0 fully saturated rings. The van der Waals surface area contributed by atoms with Crippen molar-refractivity contribution in [3.8, 4) is 0 Å². The fraction of sp³-hybridized carbons (Fsp3) is 0.125. The Balaban J connectivity index is 1.86. The van der Waals surface area contributed by atoms with Crippen molar-refractivity contribution in [3.05, 3.63) is 65.2 Å². The molecule has 0 spiro atoms. The lowest BCUT2D eigenvalue weighted by atomic mass is 10.1. The van der Waals surface area contributed by atoms with Crippen molar-refractivity contribution in [2.24, 2.45) is 0 Å². The molecule has 2 amide bonds. The van der Waals surface area contributed by atoms with Crippen molar-refractivity contribution < 1.29 is 14.7 Å². The van der Waals surface area contributed by atoms with E-state index in [1.54, 1.807) is 12.1 Å². The first-order chi connectivity index (χ1) is 10.0. The van der Waals surface area contributed by atoms with Crippen LogP contribution in [0.1, 0.15) is 21.5 Å². The molecule has 0 radical (unpaired) electrons. The molecule has 5 nitrogen and oxygen atoms in total. The van der Waals surface area contributed by atoms with Gasteiger partial charge in [0.1, 0.15) is 0 Å². The van der Waals surface area contributed by atoms with Crippen molar-refractivity contribution in [2.75, 3.05) is 5.32 Å². The van der Waals surface area contributed by atoms with Gasteiger partial charge in [0.15, 0.2) is 0 Å². The van der Waals surface area contributed by atoms with Gasteiger partial charge in [-0.05, 0) is 36.8 Å². The molecule has 0 aliphatic heterocycles. The van der Waals surface area contributed by atoms with Crippen LogP contribution in [0, 0.1) is 6.92 Å². The van der Waals surface area contributed by atoms with E-state index >= 15 is 0 Å². The maximum Gasteiger partial charge on any atom is 0.335 e. The van der Waals surface area contributed by atoms with E-state index in [-0.39, 0.29) is 11.6 Å². The molecule has 0 aliphatic carbocycles. The first-order valence-corrected chi connectivity index (χ1v) is 6.48. The van der Waals surface area contributed by atoms with Crippen molar-refractivity contribution in [3.63, 3.8) is 0 Å². The lowest BCUT2D eigenvalue weighted by molar-refractivity contribution is 0.0697. The highest BCUT2D eigenvalue weighted by molar-refractivity contribution is 5.91. The third-order valence-corrected chi connectivity index (χ3v) is 2.96. The Morgan fingerprint density at radius 2 is 1.62 bits per heavy atom. The normalized spacial score (nSPS) is 9.95. The summed E-state index contributed by atoms with van der Waals surface area (Å²) in [6.07, 6.45) is 0. The van der Waals surface area contributed by atoms with E-state index in [2.05, 4.69) is 10.6 Å². The van der Waals surface area contributed by atoms with E-state index in [1.807, 2.05) is 31.2 Å². The number of carbonyl (C=O) groups excluding carboxylic acids is 1. The van der Waals surface area contributed by atoms with E-state index in [1.165, 1.54) is 17.7 Å². The fourth-order valence-corrected chi connectivity index (χ4v) is 1.76. The standard InChI is InChI=1S/C16H16N2O3/c1-11-2-4-12(5-3-11)10-17-16(21)18-14-8-6-13(7-9-14)15(19)20/h2-9H,10H2,1H3,(H,19,20)(H2,17,18,21). The second kappa shape index (κ2) is 6.56. The van der Waals surface area contributed by atoms with Gasteiger partial charge in [0.2, 0.25) is 0 Å². The van der Waals surface area contributed by atoms with Crippen LogP contribution in [-0.2, 0) is 6.54 Å². The van der Waals surface area contributed by atoms with Crippen LogP contribution in [0.2, 0.25) is 0 Å². The Morgan fingerprint density at radius 3 is 2.19 bits per heavy atom. The van der Waals surface area contributed by atoms with Crippen LogP contribution in [0.25, 0.3) is 0 Å². The molecule has 108 valence electrons. The number of carboxylic acid groups (broad SMARTS) is 1. The first-order valence-electron chi connectivity index (χ1n) is 6.48. The average molecular weight is 284 g/mol. The van der Waals surface area contributed by atoms with E-state index in [0.717, 1.165) is 5.56 Å². The molecule has 3 N–H and O–H groups in total. The molecule has 0 saturated heterocycles. The Morgan fingerprint density at radius 1 is 1.00 bits per heavy atom. The van der Waals surface area contributed by atoms with Gasteiger partial charge < -0.3 is 15.7 Å². The molecule has 2 rings (SSSR count). The van der Waals surface area contributed by atoms with Crippen LogP contribution in [-0.4, -0.2) is 17.1 Å². The van der Waals surface area contributed by atoms with Crippen LogP contribution >= 0.6 is 0 Å². The molecule has 0 bridgehead atoms. The number of carbonyl (C=O) groups is 2. The average Bonchev–Trinajstić information content (AvgIpc) is 2.47. The largest absolute Gasteiger partial charge is 0.478 e. The fourth-order valence-electron chi connectivity index (χ4n) is 1.76. The molecular weight excluding hydrogens is 268 g/mol. The Labute approximate surface area is 122 Å². The summed E-state index contributed by atoms with van der Waals surface area (Å²) in [5.41, 5.74) is 2.90. The summed E-state index contributed by atoms with van der Waals surface area (Å²) in [4.78, 5) is 22.5. The molecule has 21 heavy (non-hydrogen) atoms. The minimum atomic E-state index is -0.995. The highest BCUT2D eigenvalue weighted by atomic mass is 16.4. The van der Waals surface area contributed by atoms with E-state index in [9.17, 15) is 9.59 Å². The Bertz CT molecular complexity index is 634. The van der Waals surface area contributed by atoms with Gasteiger partial charge in [-0.15, -0.1) is 0 Å². The number of urea groups is 1. The highest BCUT2D eigenvalue weighted by Crippen LogP contribution is 2.09. The number of nitrogens with one attached hydrogen (secondary N) is 2. The zero-order valence-corrected chi connectivity index (χ0v) is 11.6. The molecular formula is C16H16N2O3. The van der Waals surface area contributed by atoms with Gasteiger partial charge in [-0.2, -0.15) is 0 Å². The zero-order valence-electron chi connectivity index (χ0n) is 11.6. The molecule has 0 heterocycles. The molecule has 5 heteroatoms. The summed E-state index contributed by atoms with van der Waals surface area (Å²) in [6.45, 7) is 2.43. The second-order valence-corrected chi connectivity index (χ2v) is 4.68. The quantitative estimate of drug-likeness (QED) is 0.807. The van der Waals surface area contributed by atoms with E-state index < -0.39 is 5.97 Å². The van der Waals surface area contributed by atoms with Crippen molar-refractivity contribution >= 4 is 17.7 Å². The number of carboxylic acids is 1. The van der Waals surface area contributed by atoms with Gasteiger partial charge in [-0.3, -0.25) is 0 Å². The van der Waals surface area contributed by atoms with Crippen LogP contribution in [0.3, 0.4) is 0 Å². The number of benzene rings is 2. The molecule has 0 unspecified atom stereocenters. The van der Waals surface area contributed by atoms with Crippen LogP contribution < -0.4 is 10.6 Å². The Hall–Kier alpha value is -2.82. The summed E-state index contributed by atoms with van der Waals surface area (Å²) in [5.74, 6) is -0.995. The maximum absolute atomic E-state index is 11.7. The number of aryl methyl sites for hydroxylation is 1. The summed E-state index contributed by atoms with van der Waals surface area (Å²) < 4.78 is 0. The van der Waals surface area contributed by atoms with Crippen LogP contribution in [0.15, 0.2) is 48.5 Å². The monoisotopic (exact) mass is 284 g/mol. The minimum absolute atomic E-state index is 0.181. The molecule has 0 aromatic heterocycles. The maximum atomic E-state index is 11.7. The number of rotatable bonds is 4. The molecule has 2 aromatic rings. The number of amides is 2. The molecule has 0 atom stereocenters. The SMILES string of the molecule is Cc1ccc(CNC(=O)Nc2ccc(C(=O)O)cc2)cc1. The first kappa shape index (κ1) is 14.6. The van der Waals surface area contributed by atoms with E-state index in [0.29, 0.717) is 12.2 Å². The number of aromatic carboxylic acids is 1. The summed E-state index contributed by atoms with van der Waals surface area (Å²) in [6, 6.07) is 13.5. The number of anilines is 1. The second-order valence-electron chi connectivity index (χ2n) is 4.68. The lowest BCUT2D eigenvalue weighted by Gasteiger charge is -2.08. The van der Waals surface area contributed by atoms with Gasteiger partial charge in [0.25, 0.3) is 0 Å². The van der Waals surface area contributed by atoms with Gasteiger partial charge in [0.05, 0.1) is 5.56 Å². The van der Waals surface area contributed by atoms with Crippen molar-refractivity contribution in [1.29, 1.82) is 0 Å². The van der Waals surface area contributed by atoms with Gasteiger partial charge in [-0.25, -0.2) is 9.59 Å². The number of hydrogen-bond donors (Lipinski definition) is 3. The van der Waals surface area contributed by atoms with Crippen LogP contribution in [0.5, 0.6) is 0 Å². The topological polar surface area (TPSA) is 78.4 Å². The minimum Gasteiger partial charge on any atom is -0.478 e. The third kappa shape index (κ3) is 4.35. The van der Waals surface area contributed by atoms with Gasteiger partial charge >= 0.3 is 12.0 Å². The van der Waals surface area contributed by atoms with Crippen molar-refractivity contribution in [1.82, 2.24) is 5.32 Å². The van der Waals surface area contributed by atoms with Crippen molar-refractivity contribution in [2.45, 2.75) is 13.5 Å². The third-order valence-electron chi connectivity index (χ3n) is 2.96. The van der Waals surface area contributed by atoms with Gasteiger partial charge in [-0.1, -0.05) is 29.8 Å². The Kier molecular flexibility index (Phi) is 4.56. The molecule has 0 saturated carbocycles. The predicted octanol–water partition coefficient (Wildman–Crippen LogP) is 3.01. The highest BCUT2D eigenvalue weighted by Gasteiger charge is 2.04. The predicted molar refractivity (Wildman–Crippen MR) is 80.4 cm³/mol. The molecule has 0 aliphatic rings. The van der Waals surface area contributed by atoms with Gasteiger partial charge in [0, 0.05) is 12.2 Å². The zero-order chi connectivity index (χ0) is 15.2. The van der Waals surface area contributed by atoms with Crippen LogP contribution in [0.4, 0.5) is 10.5 Å². The summed E-state index contributed by atoms with van der Waals surface area (Å²) in [5, 5.41) is 14.2. The lowest BCUT2D eigenvalue weighted by Crippen LogP contribution is -2.28. The smallest absolute Gasteiger partial charge is 0.335 e.